The van der Waals surface area contributed by atoms with Gasteiger partial charge in [-0.2, -0.15) is 13.2 Å². The molecule has 1 saturated carbocycles. The van der Waals surface area contributed by atoms with Crippen molar-refractivity contribution in [1.82, 2.24) is 9.80 Å². The highest BCUT2D eigenvalue weighted by Crippen LogP contribution is 2.46. The molecule has 8 heteroatoms. The Hall–Kier alpha value is -2.25. The first-order valence-corrected chi connectivity index (χ1v) is 9.36. The molecular formula is C20H25F3N2O3. The van der Waals surface area contributed by atoms with Crippen LogP contribution in [0.4, 0.5) is 18.0 Å². The summed E-state index contributed by atoms with van der Waals surface area (Å²) in [4.78, 5) is 26.4. The number of alkyl halides is 3. The van der Waals surface area contributed by atoms with E-state index in [9.17, 15) is 22.8 Å². The standard InChI is InChI=1S/C20H25F3N2O3/c1-19(2,3)28-18(27)24-10-13(11-24)12-25(17(26)20(21,22)23)16-9-15(16)14-7-5-4-6-8-14/h4-8,13,15-16H,9-12H2,1-3H3. The van der Waals surface area contributed by atoms with Gasteiger partial charge in [-0.25, -0.2) is 4.79 Å². The molecule has 154 valence electrons. The molecule has 2 atom stereocenters. The Kier molecular flexibility index (Phi) is 5.34. The maximum atomic E-state index is 13.1. The minimum absolute atomic E-state index is 0.00829. The van der Waals surface area contributed by atoms with Crippen molar-refractivity contribution in [3.05, 3.63) is 35.9 Å². The summed E-state index contributed by atoms with van der Waals surface area (Å²) < 4.78 is 44.6. The summed E-state index contributed by atoms with van der Waals surface area (Å²) in [6, 6.07) is 8.81. The Labute approximate surface area is 162 Å². The van der Waals surface area contributed by atoms with E-state index in [2.05, 4.69) is 0 Å². The molecule has 0 bridgehead atoms. The van der Waals surface area contributed by atoms with Crippen molar-refractivity contribution in [2.24, 2.45) is 5.92 Å². The highest BCUT2D eigenvalue weighted by molar-refractivity contribution is 5.82. The van der Waals surface area contributed by atoms with E-state index in [1.165, 1.54) is 4.90 Å². The molecule has 1 aliphatic heterocycles. The van der Waals surface area contributed by atoms with Crippen LogP contribution in [0.5, 0.6) is 0 Å². The van der Waals surface area contributed by atoms with Crippen LogP contribution < -0.4 is 0 Å². The number of rotatable bonds is 4. The van der Waals surface area contributed by atoms with Crippen molar-refractivity contribution in [3.8, 4) is 0 Å². The zero-order chi connectivity index (χ0) is 20.7. The van der Waals surface area contributed by atoms with Crippen LogP contribution in [0.25, 0.3) is 0 Å². The fraction of sp³-hybridized carbons (Fsp3) is 0.600. The molecule has 28 heavy (non-hydrogen) atoms. The molecule has 1 heterocycles. The van der Waals surface area contributed by atoms with Gasteiger partial charge in [-0.3, -0.25) is 4.79 Å². The number of halogens is 3. The van der Waals surface area contributed by atoms with E-state index in [1.54, 1.807) is 20.8 Å². The van der Waals surface area contributed by atoms with Gasteiger partial charge in [0, 0.05) is 37.5 Å². The summed E-state index contributed by atoms with van der Waals surface area (Å²) in [6.07, 6.45) is -4.86. The summed E-state index contributed by atoms with van der Waals surface area (Å²) in [7, 11) is 0. The minimum atomic E-state index is -4.90. The van der Waals surface area contributed by atoms with Crippen LogP contribution in [-0.2, 0) is 9.53 Å². The number of benzene rings is 1. The van der Waals surface area contributed by atoms with Gasteiger partial charge < -0.3 is 14.5 Å². The van der Waals surface area contributed by atoms with Crippen LogP contribution in [-0.4, -0.2) is 59.3 Å². The van der Waals surface area contributed by atoms with Gasteiger partial charge in [0.1, 0.15) is 5.60 Å². The molecule has 2 amide bonds. The van der Waals surface area contributed by atoms with E-state index < -0.39 is 29.8 Å². The van der Waals surface area contributed by atoms with Gasteiger partial charge in [0.25, 0.3) is 0 Å². The van der Waals surface area contributed by atoms with Crippen LogP contribution >= 0.6 is 0 Å². The van der Waals surface area contributed by atoms with Gasteiger partial charge in [0.05, 0.1) is 0 Å². The van der Waals surface area contributed by atoms with Crippen molar-refractivity contribution < 1.29 is 27.5 Å². The topological polar surface area (TPSA) is 49.9 Å². The lowest BCUT2D eigenvalue weighted by atomic mass is 9.99. The molecule has 0 spiro atoms. The van der Waals surface area contributed by atoms with Gasteiger partial charge >= 0.3 is 18.2 Å². The Balaban J connectivity index is 1.61. The lowest BCUT2D eigenvalue weighted by Crippen LogP contribution is -2.57. The van der Waals surface area contributed by atoms with Crippen LogP contribution in [0.15, 0.2) is 30.3 Å². The van der Waals surface area contributed by atoms with Crippen molar-refractivity contribution in [2.45, 2.75) is 50.9 Å². The van der Waals surface area contributed by atoms with Gasteiger partial charge in [-0.1, -0.05) is 30.3 Å². The maximum Gasteiger partial charge on any atom is 0.471 e. The zero-order valence-corrected chi connectivity index (χ0v) is 16.2. The Morgan fingerprint density at radius 3 is 2.29 bits per heavy atom. The van der Waals surface area contributed by atoms with E-state index in [0.29, 0.717) is 19.5 Å². The zero-order valence-electron chi connectivity index (χ0n) is 16.2. The highest BCUT2D eigenvalue weighted by Gasteiger charge is 2.53. The average Bonchev–Trinajstić information content (AvgIpc) is 3.32. The van der Waals surface area contributed by atoms with Crippen molar-refractivity contribution >= 4 is 12.0 Å². The third kappa shape index (κ3) is 4.77. The van der Waals surface area contributed by atoms with Crippen molar-refractivity contribution in [3.63, 3.8) is 0 Å². The highest BCUT2D eigenvalue weighted by atomic mass is 19.4. The molecule has 2 fully saturated rings. The van der Waals surface area contributed by atoms with E-state index in [4.69, 9.17) is 4.74 Å². The fourth-order valence-electron chi connectivity index (χ4n) is 3.56. The van der Waals surface area contributed by atoms with E-state index in [-0.39, 0.29) is 18.4 Å². The number of amides is 2. The third-order valence-electron chi connectivity index (χ3n) is 4.95. The molecule has 1 aromatic carbocycles. The second kappa shape index (κ2) is 7.29. The summed E-state index contributed by atoms with van der Waals surface area (Å²) in [5.41, 5.74) is 0.314. The fourth-order valence-corrected chi connectivity index (χ4v) is 3.56. The summed E-state index contributed by atoms with van der Waals surface area (Å²) in [6.45, 7) is 5.83. The van der Waals surface area contributed by atoms with Crippen LogP contribution in [0, 0.1) is 5.92 Å². The van der Waals surface area contributed by atoms with Crippen molar-refractivity contribution in [1.29, 1.82) is 0 Å². The van der Waals surface area contributed by atoms with Crippen molar-refractivity contribution in [2.75, 3.05) is 19.6 Å². The quantitative estimate of drug-likeness (QED) is 0.775. The number of hydrogen-bond acceptors (Lipinski definition) is 3. The Bertz CT molecular complexity index is 724. The average molecular weight is 398 g/mol. The minimum Gasteiger partial charge on any atom is -0.444 e. The predicted molar refractivity (Wildman–Crippen MR) is 96.7 cm³/mol. The first-order chi connectivity index (χ1) is 13.0. The molecule has 1 saturated heterocycles. The predicted octanol–water partition coefficient (Wildman–Crippen LogP) is 3.80. The summed E-state index contributed by atoms with van der Waals surface area (Å²) >= 11 is 0. The van der Waals surface area contributed by atoms with E-state index in [1.807, 2.05) is 30.3 Å². The second-order valence-electron chi connectivity index (χ2n) is 8.53. The number of carbonyl (C=O) groups is 2. The summed E-state index contributed by atoms with van der Waals surface area (Å²) in [5, 5.41) is 0. The number of likely N-dealkylation sites (tertiary alicyclic amines) is 1. The molecule has 2 unspecified atom stereocenters. The Morgan fingerprint density at radius 2 is 1.75 bits per heavy atom. The maximum absolute atomic E-state index is 13.1. The lowest BCUT2D eigenvalue weighted by molar-refractivity contribution is -0.187. The number of carbonyl (C=O) groups excluding carboxylic acids is 2. The van der Waals surface area contributed by atoms with Gasteiger partial charge in [0.2, 0.25) is 0 Å². The first kappa shape index (κ1) is 20.5. The molecule has 1 aliphatic carbocycles. The molecule has 0 N–H and O–H groups in total. The molecule has 0 radical (unpaired) electrons. The van der Waals surface area contributed by atoms with Gasteiger partial charge in [0.15, 0.2) is 0 Å². The lowest BCUT2D eigenvalue weighted by Gasteiger charge is -2.42. The largest absolute Gasteiger partial charge is 0.471 e. The number of ether oxygens (including phenoxy) is 1. The van der Waals surface area contributed by atoms with Gasteiger partial charge in [-0.15, -0.1) is 0 Å². The number of nitrogens with zero attached hydrogens (tertiary/aromatic N) is 2. The molecule has 3 rings (SSSR count). The molecular weight excluding hydrogens is 373 g/mol. The monoisotopic (exact) mass is 398 g/mol. The molecule has 1 aromatic rings. The Morgan fingerprint density at radius 1 is 1.14 bits per heavy atom. The molecule has 0 aromatic heterocycles. The van der Waals surface area contributed by atoms with Gasteiger partial charge in [-0.05, 0) is 32.8 Å². The smallest absolute Gasteiger partial charge is 0.444 e. The normalized spacial score (nSPS) is 22.4. The third-order valence-corrected chi connectivity index (χ3v) is 4.95. The summed E-state index contributed by atoms with van der Waals surface area (Å²) in [5.74, 6) is -2.06. The molecule has 5 nitrogen and oxygen atoms in total. The molecule has 2 aliphatic rings. The SMILES string of the molecule is CC(C)(C)OC(=O)N1CC(CN(C(=O)C(F)(F)F)C2CC2c2ccccc2)C1. The van der Waals surface area contributed by atoms with E-state index in [0.717, 1.165) is 10.5 Å². The first-order valence-electron chi connectivity index (χ1n) is 9.36. The van der Waals surface area contributed by atoms with Crippen LogP contribution in [0.1, 0.15) is 38.7 Å². The van der Waals surface area contributed by atoms with Crippen LogP contribution in [0.2, 0.25) is 0 Å². The van der Waals surface area contributed by atoms with E-state index >= 15 is 0 Å². The number of hydrogen-bond donors (Lipinski definition) is 0. The van der Waals surface area contributed by atoms with Crippen LogP contribution in [0.3, 0.4) is 0 Å². The second-order valence-corrected chi connectivity index (χ2v) is 8.53.